The van der Waals surface area contributed by atoms with Crippen molar-refractivity contribution in [1.82, 2.24) is 0 Å². The number of allylic oxidation sites excluding steroid dienone is 4. The van der Waals surface area contributed by atoms with Gasteiger partial charge in [-0.25, -0.2) is 0 Å². The summed E-state index contributed by atoms with van der Waals surface area (Å²) in [5.41, 5.74) is 6.22. The molecule has 0 radical (unpaired) electrons. The van der Waals surface area contributed by atoms with E-state index in [1.165, 1.54) is 57.1 Å². The molecule has 1 heteroatoms. The molecule has 1 unspecified atom stereocenters. The molecule has 4 rings (SSSR count). The fourth-order valence-electron chi connectivity index (χ4n) is 5.89. The van der Waals surface area contributed by atoms with Crippen molar-refractivity contribution < 1.29 is 0 Å². The van der Waals surface area contributed by atoms with Crippen molar-refractivity contribution in [2.24, 2.45) is 0 Å². The summed E-state index contributed by atoms with van der Waals surface area (Å²) in [6.07, 6.45) is 11.3. The van der Waals surface area contributed by atoms with Crippen LogP contribution in [0.3, 0.4) is 0 Å². The molecule has 194 valence electrons. The summed E-state index contributed by atoms with van der Waals surface area (Å²) in [5.74, 6) is 1.52. The second-order valence-corrected chi connectivity index (χ2v) is 15.9. The molecule has 1 aliphatic carbocycles. The largest absolute Gasteiger partial charge is 0.158 e. The SMILES string of the molecule is CCCCC1=CC([Si](c2cccc(C(C)C)c2)(c2cccc(C(C)C)c2)c2cccc(C(C)C)c2)C=C1. The highest BCUT2D eigenvalue weighted by molar-refractivity contribution is 7.13. The molecule has 0 nitrogen and oxygen atoms in total. The maximum atomic E-state index is 2.63. The van der Waals surface area contributed by atoms with Crippen LogP contribution in [0.5, 0.6) is 0 Å². The maximum Gasteiger partial charge on any atom is 0.158 e. The van der Waals surface area contributed by atoms with Gasteiger partial charge in [-0.1, -0.05) is 151 Å². The van der Waals surface area contributed by atoms with Crippen molar-refractivity contribution in [3.8, 4) is 0 Å². The third-order valence-electron chi connectivity index (χ3n) is 8.26. The van der Waals surface area contributed by atoms with Crippen LogP contribution in [0.25, 0.3) is 0 Å². The lowest BCUT2D eigenvalue weighted by molar-refractivity contribution is 0.798. The van der Waals surface area contributed by atoms with Crippen LogP contribution < -0.4 is 15.6 Å². The smallest absolute Gasteiger partial charge is 0.0790 e. The normalized spacial score (nSPS) is 15.7. The lowest BCUT2D eigenvalue weighted by atomic mass is 10.0. The summed E-state index contributed by atoms with van der Waals surface area (Å²) >= 11 is 0. The molecule has 0 aromatic heterocycles. The summed E-state index contributed by atoms with van der Waals surface area (Å²) in [7, 11) is -2.47. The van der Waals surface area contributed by atoms with Gasteiger partial charge < -0.3 is 0 Å². The van der Waals surface area contributed by atoms with Crippen molar-refractivity contribution in [1.29, 1.82) is 0 Å². The van der Waals surface area contributed by atoms with Crippen molar-refractivity contribution in [3.05, 3.63) is 113 Å². The molecule has 37 heavy (non-hydrogen) atoms. The molecule has 0 aliphatic heterocycles. The Labute approximate surface area is 227 Å². The minimum Gasteiger partial charge on any atom is -0.0790 e. The Balaban J connectivity index is 2.08. The van der Waals surface area contributed by atoms with Crippen LogP contribution in [0.4, 0.5) is 0 Å². The molecule has 0 saturated carbocycles. The van der Waals surface area contributed by atoms with E-state index in [9.17, 15) is 0 Å². The average molecular weight is 507 g/mol. The number of hydrogen-bond acceptors (Lipinski definition) is 0. The first-order valence-electron chi connectivity index (χ1n) is 14.5. The molecule has 1 atom stereocenters. The molecule has 0 spiro atoms. The molecule has 0 N–H and O–H groups in total. The van der Waals surface area contributed by atoms with Gasteiger partial charge in [0, 0.05) is 5.54 Å². The molecule has 1 aliphatic rings. The van der Waals surface area contributed by atoms with Gasteiger partial charge in [-0.2, -0.15) is 0 Å². The summed E-state index contributed by atoms with van der Waals surface area (Å²) < 4.78 is 0. The van der Waals surface area contributed by atoms with Crippen LogP contribution in [0.2, 0.25) is 5.54 Å². The first kappa shape index (κ1) is 27.4. The molecular formula is C36H46Si. The van der Waals surface area contributed by atoms with Crippen molar-refractivity contribution in [2.75, 3.05) is 0 Å². The first-order chi connectivity index (χ1) is 17.8. The summed E-state index contributed by atoms with van der Waals surface area (Å²) in [6.45, 7) is 16.2. The number of benzene rings is 3. The quantitative estimate of drug-likeness (QED) is 0.191. The highest BCUT2D eigenvalue weighted by Gasteiger charge is 2.46. The standard InChI is InChI=1S/C36H46Si/c1-8-9-13-29-20-21-36(22-29)37(33-17-10-14-30(23-33)26(2)3,34-18-11-15-31(24-34)27(4)5)35-19-12-16-32(25-35)28(6)7/h10-12,14-28,36H,8-9,13H2,1-7H3. The van der Waals surface area contributed by atoms with Gasteiger partial charge in [0.05, 0.1) is 0 Å². The van der Waals surface area contributed by atoms with Gasteiger partial charge in [0.2, 0.25) is 0 Å². The molecular weight excluding hydrogens is 460 g/mol. The van der Waals surface area contributed by atoms with Gasteiger partial charge in [-0.3, -0.25) is 0 Å². The van der Waals surface area contributed by atoms with E-state index < -0.39 is 8.07 Å². The molecule has 0 heterocycles. The Kier molecular flexibility index (Phi) is 8.75. The monoisotopic (exact) mass is 506 g/mol. The van der Waals surface area contributed by atoms with Crippen LogP contribution in [0, 0.1) is 0 Å². The van der Waals surface area contributed by atoms with Gasteiger partial charge in [-0.15, -0.1) is 0 Å². The van der Waals surface area contributed by atoms with E-state index in [1.54, 1.807) is 0 Å². The zero-order chi connectivity index (χ0) is 26.6. The van der Waals surface area contributed by atoms with Crippen LogP contribution in [-0.4, -0.2) is 8.07 Å². The number of rotatable bonds is 10. The van der Waals surface area contributed by atoms with E-state index in [0.717, 1.165) is 0 Å². The zero-order valence-corrected chi connectivity index (χ0v) is 25.1. The predicted molar refractivity (Wildman–Crippen MR) is 167 cm³/mol. The molecule has 0 bridgehead atoms. The van der Waals surface area contributed by atoms with Gasteiger partial charge in [0.25, 0.3) is 0 Å². The highest BCUT2D eigenvalue weighted by atomic mass is 28.3. The topological polar surface area (TPSA) is 0 Å². The Morgan fingerprint density at radius 1 is 0.649 bits per heavy atom. The molecule has 0 fully saturated rings. The van der Waals surface area contributed by atoms with E-state index in [1.807, 2.05) is 0 Å². The van der Waals surface area contributed by atoms with E-state index >= 15 is 0 Å². The fourth-order valence-corrected chi connectivity index (χ4v) is 11.2. The first-order valence-corrected chi connectivity index (χ1v) is 16.5. The van der Waals surface area contributed by atoms with Crippen molar-refractivity contribution in [2.45, 2.75) is 91.0 Å². The second kappa shape index (κ2) is 11.8. The Morgan fingerprint density at radius 2 is 1.08 bits per heavy atom. The number of hydrogen-bond donors (Lipinski definition) is 0. The fraction of sp³-hybridized carbons (Fsp3) is 0.389. The molecule has 3 aromatic carbocycles. The summed E-state index contributed by atoms with van der Waals surface area (Å²) in [6, 6.07) is 28.8. The Bertz CT molecular complexity index is 1130. The van der Waals surface area contributed by atoms with Gasteiger partial charge >= 0.3 is 0 Å². The number of unbranched alkanes of at least 4 members (excludes halogenated alkanes) is 1. The van der Waals surface area contributed by atoms with Crippen molar-refractivity contribution >= 4 is 23.6 Å². The van der Waals surface area contributed by atoms with Gasteiger partial charge in [0.15, 0.2) is 8.07 Å². The molecule has 0 amide bonds. The van der Waals surface area contributed by atoms with Gasteiger partial charge in [-0.05, 0) is 62.8 Å². The maximum absolute atomic E-state index is 2.63. The second-order valence-electron chi connectivity index (χ2n) is 11.9. The van der Waals surface area contributed by atoms with Crippen LogP contribution >= 0.6 is 0 Å². The molecule has 3 aromatic rings. The minimum atomic E-state index is -2.47. The van der Waals surface area contributed by atoms with E-state index in [2.05, 4.69) is 139 Å². The minimum absolute atomic E-state index is 0.395. The third-order valence-corrected chi connectivity index (χ3v) is 13.3. The van der Waals surface area contributed by atoms with Crippen LogP contribution in [-0.2, 0) is 0 Å². The lowest BCUT2D eigenvalue weighted by Crippen LogP contribution is -2.69. The summed E-state index contributed by atoms with van der Waals surface area (Å²) in [4.78, 5) is 0. The van der Waals surface area contributed by atoms with Crippen molar-refractivity contribution in [3.63, 3.8) is 0 Å². The summed E-state index contributed by atoms with van der Waals surface area (Å²) in [5, 5.41) is 4.59. The zero-order valence-electron chi connectivity index (χ0n) is 24.1. The Morgan fingerprint density at radius 3 is 1.46 bits per heavy atom. The predicted octanol–water partition coefficient (Wildman–Crippen LogP) is 8.58. The van der Waals surface area contributed by atoms with Crippen LogP contribution in [0.15, 0.2) is 96.6 Å². The third kappa shape index (κ3) is 5.63. The molecule has 0 saturated heterocycles. The van der Waals surface area contributed by atoms with E-state index in [0.29, 0.717) is 23.3 Å². The highest BCUT2D eigenvalue weighted by Crippen LogP contribution is 2.34. The van der Waals surface area contributed by atoms with E-state index in [-0.39, 0.29) is 0 Å². The van der Waals surface area contributed by atoms with Gasteiger partial charge in [0.1, 0.15) is 0 Å². The lowest BCUT2D eigenvalue weighted by Gasteiger charge is -2.39. The Hall–Kier alpha value is -2.64. The van der Waals surface area contributed by atoms with E-state index in [4.69, 9.17) is 0 Å². The average Bonchev–Trinajstić information content (AvgIpc) is 3.37. The van der Waals surface area contributed by atoms with Crippen LogP contribution in [0.1, 0.15) is 102 Å².